The number of nitrogens with zero attached hydrogens (tertiary/aromatic N) is 2. The number of carbonyl (C=O) groups excluding carboxylic acids is 1. The first-order chi connectivity index (χ1) is 13.9. The molecule has 0 radical (unpaired) electrons. The van der Waals surface area contributed by atoms with Crippen LogP contribution in [-0.4, -0.2) is 47.0 Å². The molecule has 3 rings (SSSR count). The van der Waals surface area contributed by atoms with Gasteiger partial charge in [-0.15, -0.1) is 0 Å². The summed E-state index contributed by atoms with van der Waals surface area (Å²) in [6.45, 7) is 2.89. The van der Waals surface area contributed by atoms with E-state index in [1.54, 1.807) is 18.2 Å². The number of carbonyl (C=O) groups is 1. The van der Waals surface area contributed by atoms with Crippen LogP contribution in [0, 0.1) is 4.77 Å². The molecule has 0 aliphatic carbocycles. The second-order valence-corrected chi connectivity index (χ2v) is 7.64. The monoisotopic (exact) mass is 410 g/mol. The molecule has 0 aliphatic heterocycles. The predicted octanol–water partition coefficient (Wildman–Crippen LogP) is 2.98. The van der Waals surface area contributed by atoms with Gasteiger partial charge in [-0.25, -0.2) is 0 Å². The van der Waals surface area contributed by atoms with Gasteiger partial charge in [-0.05, 0) is 63.4 Å². The summed E-state index contributed by atoms with van der Waals surface area (Å²) in [6, 6.07) is 15.4. The van der Waals surface area contributed by atoms with E-state index in [0.29, 0.717) is 34.3 Å². The zero-order valence-electron chi connectivity index (χ0n) is 16.9. The van der Waals surface area contributed by atoms with E-state index in [4.69, 9.17) is 12.2 Å². The number of amides is 1. The van der Waals surface area contributed by atoms with Crippen molar-refractivity contribution in [2.45, 2.75) is 25.9 Å². The van der Waals surface area contributed by atoms with E-state index in [0.717, 1.165) is 6.42 Å². The molecule has 1 aromatic heterocycles. The van der Waals surface area contributed by atoms with Gasteiger partial charge < -0.3 is 15.2 Å². The van der Waals surface area contributed by atoms with Gasteiger partial charge in [-0.3, -0.25) is 14.2 Å². The molecule has 0 fully saturated rings. The largest absolute Gasteiger partial charge is 0.350 e. The molecule has 0 aliphatic rings. The Bertz CT molecular complexity index is 1120. The van der Waals surface area contributed by atoms with E-state index in [2.05, 4.69) is 27.3 Å². The predicted molar refractivity (Wildman–Crippen MR) is 119 cm³/mol. The lowest BCUT2D eigenvalue weighted by atomic mass is 10.0. The number of rotatable bonds is 7. The minimum absolute atomic E-state index is 0.145. The number of aromatic amines is 1. The molecule has 3 aromatic rings. The smallest absolute Gasteiger partial charge is 0.262 e. The van der Waals surface area contributed by atoms with E-state index >= 15 is 0 Å². The summed E-state index contributed by atoms with van der Waals surface area (Å²) in [7, 11) is 4.02. The highest BCUT2D eigenvalue weighted by Gasteiger charge is 2.15. The number of likely N-dealkylation sites (N-methyl/N-ethyl adjacent to an activating group) is 1. The maximum Gasteiger partial charge on any atom is 0.262 e. The van der Waals surface area contributed by atoms with Crippen LogP contribution in [0.1, 0.15) is 22.8 Å². The van der Waals surface area contributed by atoms with Gasteiger partial charge in [0.1, 0.15) is 0 Å². The number of hydrogen-bond acceptors (Lipinski definition) is 4. The molecule has 0 bridgehead atoms. The molecule has 1 heterocycles. The lowest BCUT2D eigenvalue weighted by Crippen LogP contribution is -2.41. The Morgan fingerprint density at radius 3 is 2.59 bits per heavy atom. The van der Waals surface area contributed by atoms with Crippen LogP contribution < -0.4 is 10.9 Å². The summed E-state index contributed by atoms with van der Waals surface area (Å²) in [5.74, 6) is -0.175. The van der Waals surface area contributed by atoms with Crippen molar-refractivity contribution in [1.82, 2.24) is 19.8 Å². The fraction of sp³-hybridized carbons (Fsp3) is 0.318. The lowest BCUT2D eigenvalue weighted by molar-refractivity contribution is 0.0942. The van der Waals surface area contributed by atoms with Crippen LogP contribution in [0.5, 0.6) is 0 Å². The van der Waals surface area contributed by atoms with Crippen LogP contribution >= 0.6 is 12.2 Å². The number of hydrogen-bond donors (Lipinski definition) is 2. The molecular weight excluding hydrogens is 384 g/mol. The summed E-state index contributed by atoms with van der Waals surface area (Å²) in [6.07, 6.45) is 0.843. The maximum absolute atomic E-state index is 12.7. The fourth-order valence-corrected chi connectivity index (χ4v) is 3.64. The van der Waals surface area contributed by atoms with Crippen molar-refractivity contribution >= 4 is 29.0 Å². The Labute approximate surface area is 175 Å². The number of H-pyrrole nitrogens is 1. The number of fused-ring (bicyclic) bond motifs is 1. The molecule has 152 valence electrons. The van der Waals surface area contributed by atoms with Gasteiger partial charge in [0.2, 0.25) is 0 Å². The maximum atomic E-state index is 12.7. The van der Waals surface area contributed by atoms with Gasteiger partial charge in [-0.2, -0.15) is 0 Å². The van der Waals surface area contributed by atoms with Gasteiger partial charge in [0.25, 0.3) is 11.5 Å². The topological polar surface area (TPSA) is 70.1 Å². The Kier molecular flexibility index (Phi) is 6.61. The molecular formula is C22H26N4O2S. The van der Waals surface area contributed by atoms with Crippen molar-refractivity contribution in [2.75, 3.05) is 20.6 Å². The average molecular weight is 411 g/mol. The minimum Gasteiger partial charge on any atom is -0.350 e. The van der Waals surface area contributed by atoms with Crippen LogP contribution in [0.15, 0.2) is 53.3 Å². The van der Waals surface area contributed by atoms with Crippen molar-refractivity contribution < 1.29 is 4.79 Å². The highest BCUT2D eigenvalue weighted by molar-refractivity contribution is 7.71. The third kappa shape index (κ3) is 4.81. The molecule has 2 aromatic carbocycles. The fourth-order valence-electron chi connectivity index (χ4n) is 3.32. The zero-order valence-corrected chi connectivity index (χ0v) is 17.8. The van der Waals surface area contributed by atoms with Crippen LogP contribution in [-0.2, 0) is 13.0 Å². The first-order valence-corrected chi connectivity index (χ1v) is 10.1. The van der Waals surface area contributed by atoms with Crippen molar-refractivity contribution in [3.05, 3.63) is 74.8 Å². The van der Waals surface area contributed by atoms with Crippen LogP contribution in [0.25, 0.3) is 10.9 Å². The quantitative estimate of drug-likeness (QED) is 0.588. The van der Waals surface area contributed by atoms with E-state index in [-0.39, 0.29) is 17.5 Å². The number of benzene rings is 2. The number of aromatic nitrogens is 2. The van der Waals surface area contributed by atoms with Gasteiger partial charge >= 0.3 is 0 Å². The van der Waals surface area contributed by atoms with E-state index in [1.165, 1.54) is 10.1 Å². The summed E-state index contributed by atoms with van der Waals surface area (Å²) in [5.41, 5.74) is 2.15. The van der Waals surface area contributed by atoms with E-state index < -0.39 is 0 Å². The molecule has 7 heteroatoms. The Balaban J connectivity index is 1.76. The zero-order chi connectivity index (χ0) is 21.0. The van der Waals surface area contributed by atoms with Gasteiger partial charge in [-0.1, -0.05) is 30.3 Å². The van der Waals surface area contributed by atoms with E-state index in [9.17, 15) is 9.59 Å². The molecule has 0 saturated heterocycles. The van der Waals surface area contributed by atoms with Crippen molar-refractivity contribution in [3.8, 4) is 0 Å². The molecule has 1 unspecified atom stereocenters. The van der Waals surface area contributed by atoms with Crippen LogP contribution in [0.2, 0.25) is 0 Å². The Morgan fingerprint density at radius 2 is 1.93 bits per heavy atom. The highest BCUT2D eigenvalue weighted by Crippen LogP contribution is 2.12. The average Bonchev–Trinajstić information content (AvgIpc) is 2.71. The Hall–Kier alpha value is -2.77. The third-order valence-corrected chi connectivity index (χ3v) is 5.43. The summed E-state index contributed by atoms with van der Waals surface area (Å²) in [4.78, 5) is 30.4. The van der Waals surface area contributed by atoms with Gasteiger partial charge in [0.05, 0.1) is 10.9 Å². The standard InChI is InChI=1S/C22H26N4O2S/c1-4-26-21(28)18-11-10-16(13-19(18)24-22(26)29)20(27)23-14-17(25(2)3)12-15-8-6-5-7-9-15/h5-11,13,17H,4,12,14H2,1-3H3,(H,23,27)(H,24,29). The summed E-state index contributed by atoms with van der Waals surface area (Å²) < 4.78 is 1.86. The minimum atomic E-state index is -0.175. The lowest BCUT2D eigenvalue weighted by Gasteiger charge is -2.25. The SMILES string of the molecule is CCn1c(=S)[nH]c2cc(C(=O)NCC(Cc3ccccc3)N(C)C)ccc2c1=O. The normalized spacial score (nSPS) is 12.3. The number of nitrogens with one attached hydrogen (secondary N) is 2. The Morgan fingerprint density at radius 1 is 1.21 bits per heavy atom. The third-order valence-electron chi connectivity index (χ3n) is 5.10. The molecule has 1 atom stereocenters. The molecule has 29 heavy (non-hydrogen) atoms. The van der Waals surface area contributed by atoms with Crippen molar-refractivity contribution in [3.63, 3.8) is 0 Å². The molecule has 1 amide bonds. The van der Waals surface area contributed by atoms with Crippen LogP contribution in [0.3, 0.4) is 0 Å². The summed E-state index contributed by atoms with van der Waals surface area (Å²) in [5, 5.41) is 3.53. The van der Waals surface area contributed by atoms with Crippen molar-refractivity contribution in [2.24, 2.45) is 0 Å². The van der Waals surface area contributed by atoms with E-state index in [1.807, 2.05) is 39.2 Å². The molecule has 0 spiro atoms. The van der Waals surface area contributed by atoms with Crippen molar-refractivity contribution in [1.29, 1.82) is 0 Å². The molecule has 6 nitrogen and oxygen atoms in total. The second kappa shape index (κ2) is 9.15. The first kappa shape index (κ1) is 21.0. The second-order valence-electron chi connectivity index (χ2n) is 7.26. The summed E-state index contributed by atoms with van der Waals surface area (Å²) >= 11 is 5.25. The molecule has 2 N–H and O–H groups in total. The first-order valence-electron chi connectivity index (χ1n) is 9.66. The van der Waals surface area contributed by atoms with Gasteiger partial charge in [0.15, 0.2) is 4.77 Å². The highest BCUT2D eigenvalue weighted by atomic mass is 32.1. The molecule has 0 saturated carbocycles. The van der Waals surface area contributed by atoms with Crippen LogP contribution in [0.4, 0.5) is 0 Å². The van der Waals surface area contributed by atoms with Gasteiger partial charge in [0, 0.05) is 24.7 Å².